The fraction of sp³-hybridized carbons (Fsp3) is 0.667. The molecule has 3 fully saturated rings. The van der Waals surface area contributed by atoms with Gasteiger partial charge < -0.3 is 5.11 Å². The van der Waals surface area contributed by atoms with Crippen molar-refractivity contribution in [2.75, 3.05) is 0 Å². The summed E-state index contributed by atoms with van der Waals surface area (Å²) in [7, 11) is 0. The van der Waals surface area contributed by atoms with Crippen molar-refractivity contribution in [1.82, 2.24) is 13.9 Å². The number of aliphatic hydroxyl groups is 1. The van der Waals surface area contributed by atoms with Crippen molar-refractivity contribution in [1.29, 1.82) is 0 Å². The van der Waals surface area contributed by atoms with Gasteiger partial charge in [-0.15, -0.1) is 0 Å². The molecule has 0 radical (unpaired) electrons. The Kier molecular flexibility index (Phi) is 6.18. The number of benzene rings is 1. The highest BCUT2D eigenvalue weighted by molar-refractivity contribution is 5.38. The molecule has 1 aromatic heterocycles. The number of hydrogen-bond acceptors (Lipinski definition) is 3. The van der Waals surface area contributed by atoms with Crippen LogP contribution in [0.3, 0.4) is 0 Å². The molecule has 42 heavy (non-hydrogen) atoms. The van der Waals surface area contributed by atoms with Gasteiger partial charge in [-0.25, -0.2) is 23.5 Å². The van der Waals surface area contributed by atoms with Crippen LogP contribution in [0.1, 0.15) is 86.5 Å². The second kappa shape index (κ2) is 9.20. The lowest BCUT2D eigenvalue weighted by molar-refractivity contribution is -0.199. The maximum atomic E-state index is 14.7. The van der Waals surface area contributed by atoms with Crippen LogP contribution in [-0.2, 0) is 11.1 Å². The molecule has 6 aliphatic rings. The Morgan fingerprint density at radius 1 is 0.857 bits per heavy atom. The van der Waals surface area contributed by atoms with Crippen LogP contribution < -0.4 is 11.4 Å². The number of fused-ring (bicyclic) bond motifs is 1. The molecule has 2 spiro atoms. The molecular weight excluding hydrogens is 522 g/mol. The number of para-hydroxylation sites is 1. The van der Waals surface area contributed by atoms with Gasteiger partial charge in [-0.3, -0.25) is 0 Å². The van der Waals surface area contributed by atoms with Gasteiger partial charge >= 0.3 is 11.4 Å². The molecule has 2 bridgehead atoms. The smallest absolute Gasteiger partial charge is 0.352 e. The first-order valence-corrected chi connectivity index (χ1v) is 16.5. The predicted molar refractivity (Wildman–Crippen MR) is 167 cm³/mol. The minimum Gasteiger partial charge on any atom is -0.393 e. The van der Waals surface area contributed by atoms with Crippen LogP contribution in [-0.4, -0.2) is 25.1 Å². The highest BCUT2D eigenvalue weighted by atomic mass is 16.3. The molecule has 2 unspecified atom stereocenters. The molecule has 2 aliphatic heterocycles. The number of allylic oxidation sites excluding steroid dienone is 4. The van der Waals surface area contributed by atoms with Gasteiger partial charge in [0.15, 0.2) is 0 Å². The fourth-order valence-electron chi connectivity index (χ4n) is 11.0. The van der Waals surface area contributed by atoms with Crippen molar-refractivity contribution in [3.63, 3.8) is 0 Å². The topological polar surface area (TPSA) is 69.2 Å². The van der Waals surface area contributed by atoms with E-state index in [0.717, 1.165) is 38.5 Å². The lowest BCUT2D eigenvalue weighted by Crippen LogP contribution is -2.76. The van der Waals surface area contributed by atoms with Gasteiger partial charge in [0.25, 0.3) is 0 Å². The van der Waals surface area contributed by atoms with Crippen molar-refractivity contribution < 1.29 is 5.11 Å². The second-order valence-corrected chi connectivity index (χ2v) is 15.5. The lowest BCUT2D eigenvalue weighted by Gasteiger charge is -2.71. The van der Waals surface area contributed by atoms with Crippen LogP contribution in [0.15, 0.2) is 64.2 Å². The van der Waals surface area contributed by atoms with Gasteiger partial charge in [-0.1, -0.05) is 84.0 Å². The molecule has 3 heterocycles. The summed E-state index contributed by atoms with van der Waals surface area (Å²) in [5.74, 6) is 2.67. The summed E-state index contributed by atoms with van der Waals surface area (Å²) in [6.45, 7) is 14.1. The third-order valence-corrected chi connectivity index (χ3v) is 13.5. The highest BCUT2D eigenvalue weighted by Gasteiger charge is 2.75. The molecule has 1 N–H and O–H groups in total. The minimum atomic E-state index is -0.706. The van der Waals surface area contributed by atoms with E-state index in [1.165, 1.54) is 4.57 Å². The minimum absolute atomic E-state index is 0.0582. The van der Waals surface area contributed by atoms with E-state index in [2.05, 4.69) is 65.8 Å². The molecule has 4 aliphatic carbocycles. The molecule has 6 nitrogen and oxygen atoms in total. The van der Waals surface area contributed by atoms with E-state index in [4.69, 9.17) is 0 Å². The zero-order chi connectivity index (χ0) is 29.8. The molecule has 2 aromatic rings. The average Bonchev–Trinajstić information content (AvgIpc) is 3.46. The first-order chi connectivity index (χ1) is 19.9. The Hall–Kier alpha value is -2.60. The van der Waals surface area contributed by atoms with E-state index in [9.17, 15) is 14.7 Å². The lowest BCUT2D eigenvalue weighted by atomic mass is 9.40. The summed E-state index contributed by atoms with van der Waals surface area (Å²) in [5, 5.41) is 11.0. The van der Waals surface area contributed by atoms with Crippen molar-refractivity contribution in [2.24, 2.45) is 46.3 Å². The van der Waals surface area contributed by atoms with Crippen LogP contribution in [0.2, 0.25) is 0 Å². The number of aromatic nitrogens is 3. The number of rotatable bonds is 5. The molecule has 0 saturated heterocycles. The van der Waals surface area contributed by atoms with Crippen LogP contribution in [0.5, 0.6) is 0 Å². The van der Waals surface area contributed by atoms with E-state index in [1.54, 1.807) is 0 Å². The third kappa shape index (κ3) is 3.31. The van der Waals surface area contributed by atoms with Crippen LogP contribution >= 0.6 is 0 Å². The van der Waals surface area contributed by atoms with Crippen LogP contribution in [0.4, 0.5) is 0 Å². The Balaban J connectivity index is 1.43. The summed E-state index contributed by atoms with van der Waals surface area (Å²) < 4.78 is 5.17. The van der Waals surface area contributed by atoms with E-state index in [0.29, 0.717) is 35.8 Å². The Bertz CT molecular complexity index is 1560. The Morgan fingerprint density at radius 2 is 1.57 bits per heavy atom. The molecular formula is C36H49N3O3. The normalized spacial score (nSPS) is 41.4. The zero-order valence-corrected chi connectivity index (χ0v) is 26.3. The molecule has 0 amide bonds. The average molecular weight is 572 g/mol. The highest BCUT2D eigenvalue weighted by Crippen LogP contribution is 2.73. The van der Waals surface area contributed by atoms with E-state index in [1.807, 2.05) is 39.7 Å². The SMILES string of the molecule is CC(C)[C@@H](C)C=C[C@@H](C)[C@H]1CCC2[C@@]34C=C[C@]5(C[C@@H](O)CC[C@]5(C)C3CC[C@@]21C)n1c(=O)n(-c2ccccc2)c(=O)n14. The number of hydrogen-bond donors (Lipinski definition) is 1. The molecule has 3 saturated carbocycles. The summed E-state index contributed by atoms with van der Waals surface area (Å²) >= 11 is 0. The second-order valence-electron chi connectivity index (χ2n) is 15.5. The maximum absolute atomic E-state index is 14.7. The van der Waals surface area contributed by atoms with Crippen LogP contribution in [0, 0.1) is 46.3 Å². The summed E-state index contributed by atoms with van der Waals surface area (Å²) in [5.41, 5.74) is -1.29. The van der Waals surface area contributed by atoms with Crippen molar-refractivity contribution in [3.8, 4) is 5.69 Å². The van der Waals surface area contributed by atoms with Gasteiger partial charge in [0.05, 0.1) is 22.9 Å². The van der Waals surface area contributed by atoms with Gasteiger partial charge in [-0.05, 0) is 91.6 Å². The number of nitrogens with zero attached hydrogens (tertiary/aromatic N) is 3. The summed E-state index contributed by atoms with van der Waals surface area (Å²) in [4.78, 5) is 29.2. The maximum Gasteiger partial charge on any atom is 0.352 e. The molecule has 226 valence electrons. The monoisotopic (exact) mass is 571 g/mol. The van der Waals surface area contributed by atoms with Gasteiger partial charge in [0, 0.05) is 11.8 Å². The number of aliphatic hydroxyl groups excluding tert-OH is 1. The Labute approximate surface area is 250 Å². The van der Waals surface area contributed by atoms with Crippen LogP contribution in [0.25, 0.3) is 5.69 Å². The predicted octanol–water partition coefficient (Wildman–Crippen LogP) is 6.25. The van der Waals surface area contributed by atoms with Crippen molar-refractivity contribution >= 4 is 0 Å². The van der Waals surface area contributed by atoms with Gasteiger partial charge in [0.2, 0.25) is 0 Å². The fourth-order valence-corrected chi connectivity index (χ4v) is 11.0. The molecule has 1 aromatic carbocycles. The van der Waals surface area contributed by atoms with E-state index >= 15 is 0 Å². The zero-order valence-electron chi connectivity index (χ0n) is 26.3. The van der Waals surface area contributed by atoms with E-state index < -0.39 is 17.2 Å². The standard InChI is InChI=1S/C36H49N3O3/c1-23(2)24(3)12-13-25(4)28-14-15-29-33(28,5)18-17-30-34(6)19-16-27(40)22-35(34)20-21-36(29,30)39-32(42)37(31(41)38(35)39)26-10-8-7-9-11-26/h7-13,20-21,23-25,27-30,40H,14-19,22H2,1-6H3/t24-,25+,27-,28+,29?,30?,33+,34+,35+,36-/m0/s1. The van der Waals surface area contributed by atoms with E-state index in [-0.39, 0.29) is 34.0 Å². The van der Waals surface area contributed by atoms with Crippen molar-refractivity contribution in [3.05, 3.63) is 75.6 Å². The summed E-state index contributed by atoms with van der Waals surface area (Å²) in [6.07, 6.45) is 15.5. The van der Waals surface area contributed by atoms with Crippen molar-refractivity contribution in [2.45, 2.75) is 104 Å². The molecule has 8 rings (SSSR count). The first-order valence-electron chi connectivity index (χ1n) is 16.5. The van der Waals surface area contributed by atoms with Gasteiger partial charge in [-0.2, -0.15) is 0 Å². The molecule has 10 atom stereocenters. The molecule has 6 heteroatoms. The first kappa shape index (κ1) is 28.2. The quantitative estimate of drug-likeness (QED) is 0.431. The Morgan fingerprint density at radius 3 is 2.29 bits per heavy atom. The van der Waals surface area contributed by atoms with Gasteiger partial charge in [0.1, 0.15) is 0 Å². The largest absolute Gasteiger partial charge is 0.393 e. The summed E-state index contributed by atoms with van der Waals surface area (Å²) in [6, 6.07) is 9.40. The third-order valence-electron chi connectivity index (χ3n) is 13.5.